The molecule has 1 aromatic rings. The molecular weight excluding hydrogens is 330 g/mol. The molecule has 26 heavy (non-hydrogen) atoms. The van der Waals surface area contributed by atoms with Crippen molar-refractivity contribution < 1.29 is 19.0 Å². The van der Waals surface area contributed by atoms with Crippen LogP contribution in [-0.4, -0.2) is 37.2 Å². The van der Waals surface area contributed by atoms with Crippen molar-refractivity contribution in [3.05, 3.63) is 23.8 Å². The van der Waals surface area contributed by atoms with Crippen molar-refractivity contribution in [2.75, 3.05) is 19.8 Å². The van der Waals surface area contributed by atoms with Crippen LogP contribution in [0.1, 0.15) is 63.9 Å². The molecule has 2 fully saturated rings. The van der Waals surface area contributed by atoms with Crippen LogP contribution in [0.2, 0.25) is 0 Å². The number of nitrogens with zero attached hydrogens (tertiary/aromatic N) is 1. The Morgan fingerprint density at radius 2 is 2.00 bits per heavy atom. The summed E-state index contributed by atoms with van der Waals surface area (Å²) in [5, 5.41) is 4.34. The molecule has 4 rings (SSSR count). The van der Waals surface area contributed by atoms with E-state index in [-0.39, 0.29) is 5.60 Å². The van der Waals surface area contributed by atoms with Gasteiger partial charge in [0, 0.05) is 18.4 Å². The van der Waals surface area contributed by atoms with Crippen molar-refractivity contribution in [3.8, 4) is 11.5 Å². The van der Waals surface area contributed by atoms with Crippen LogP contribution in [0.25, 0.3) is 0 Å². The van der Waals surface area contributed by atoms with Gasteiger partial charge in [-0.15, -0.1) is 0 Å². The third-order valence-corrected chi connectivity index (χ3v) is 5.58. The summed E-state index contributed by atoms with van der Waals surface area (Å²) in [5.41, 5.74) is 1.76. The molecular formula is C21H29NO4. The zero-order valence-electron chi connectivity index (χ0n) is 15.7. The van der Waals surface area contributed by atoms with Gasteiger partial charge in [-0.25, -0.2) is 0 Å². The Hall–Kier alpha value is -1.75. The lowest BCUT2D eigenvalue weighted by Gasteiger charge is -2.20. The number of benzene rings is 1. The van der Waals surface area contributed by atoms with Crippen molar-refractivity contribution in [3.63, 3.8) is 0 Å². The minimum Gasteiger partial charge on any atom is -0.490 e. The molecule has 5 heteroatoms. The Morgan fingerprint density at radius 3 is 2.73 bits per heavy atom. The maximum atomic E-state index is 6.31. The first kappa shape index (κ1) is 17.7. The van der Waals surface area contributed by atoms with E-state index in [1.165, 1.54) is 25.7 Å². The van der Waals surface area contributed by atoms with E-state index < -0.39 is 0 Å². The van der Waals surface area contributed by atoms with Gasteiger partial charge in [-0.05, 0) is 50.8 Å². The van der Waals surface area contributed by atoms with E-state index in [1.54, 1.807) is 0 Å². The van der Waals surface area contributed by atoms with Crippen LogP contribution in [0.3, 0.4) is 0 Å². The molecule has 0 amide bonds. The van der Waals surface area contributed by atoms with E-state index in [2.05, 4.69) is 11.2 Å². The molecule has 1 saturated heterocycles. The SMILES string of the molecule is CCOc1cc(C2=NOC3(CCOC3)C2)ccc1OC1CCCCCC1. The van der Waals surface area contributed by atoms with E-state index in [9.17, 15) is 0 Å². The second-order valence-corrected chi connectivity index (χ2v) is 7.62. The van der Waals surface area contributed by atoms with Crippen LogP contribution < -0.4 is 9.47 Å². The van der Waals surface area contributed by atoms with Crippen LogP contribution in [-0.2, 0) is 9.57 Å². The second-order valence-electron chi connectivity index (χ2n) is 7.62. The Kier molecular flexibility index (Phi) is 5.34. The smallest absolute Gasteiger partial charge is 0.168 e. The highest BCUT2D eigenvalue weighted by atomic mass is 16.7. The fourth-order valence-electron chi connectivity index (χ4n) is 4.07. The summed E-state index contributed by atoms with van der Waals surface area (Å²) >= 11 is 0. The zero-order valence-corrected chi connectivity index (χ0v) is 15.7. The van der Waals surface area contributed by atoms with Gasteiger partial charge in [-0.3, -0.25) is 0 Å². The highest BCUT2D eigenvalue weighted by Gasteiger charge is 2.43. The van der Waals surface area contributed by atoms with Gasteiger partial charge in [-0.1, -0.05) is 18.0 Å². The third-order valence-electron chi connectivity index (χ3n) is 5.58. The summed E-state index contributed by atoms with van der Waals surface area (Å²) in [4.78, 5) is 5.72. The molecule has 1 unspecified atom stereocenters. The molecule has 0 bridgehead atoms. The van der Waals surface area contributed by atoms with Crippen LogP contribution in [0.5, 0.6) is 11.5 Å². The van der Waals surface area contributed by atoms with Crippen molar-refractivity contribution >= 4 is 5.71 Å². The summed E-state index contributed by atoms with van der Waals surface area (Å²) in [7, 11) is 0. The molecule has 1 aromatic carbocycles. The third kappa shape index (κ3) is 3.83. The lowest BCUT2D eigenvalue weighted by molar-refractivity contribution is -0.0237. The molecule has 0 aromatic heterocycles. The normalized spacial score (nSPS) is 26.4. The molecule has 1 atom stereocenters. The fraction of sp³-hybridized carbons (Fsp3) is 0.667. The monoisotopic (exact) mass is 359 g/mol. The lowest BCUT2D eigenvalue weighted by atomic mass is 9.93. The van der Waals surface area contributed by atoms with Crippen molar-refractivity contribution in [1.29, 1.82) is 0 Å². The van der Waals surface area contributed by atoms with E-state index in [0.29, 0.717) is 19.3 Å². The standard InChI is InChI=1S/C21H29NO4/c1-2-24-20-13-16(18-14-21(26-22-18)11-12-23-15-21)9-10-19(20)25-17-7-5-3-4-6-8-17/h9-10,13,17H,2-8,11-12,14-15H2,1H3. The minimum absolute atomic E-state index is 0.253. The molecule has 1 spiro atoms. The molecule has 1 saturated carbocycles. The molecule has 5 nitrogen and oxygen atoms in total. The molecule has 142 valence electrons. The molecule has 3 aliphatic rings. The maximum Gasteiger partial charge on any atom is 0.168 e. The summed E-state index contributed by atoms with van der Waals surface area (Å²) in [6.45, 7) is 4.00. The second kappa shape index (κ2) is 7.87. The predicted molar refractivity (Wildman–Crippen MR) is 100 cm³/mol. The van der Waals surface area contributed by atoms with E-state index >= 15 is 0 Å². The summed E-state index contributed by atoms with van der Waals surface area (Å²) in [6.07, 6.45) is 9.42. The first-order valence-electron chi connectivity index (χ1n) is 10.0. The number of hydrogen-bond acceptors (Lipinski definition) is 5. The van der Waals surface area contributed by atoms with Gasteiger partial charge in [-0.2, -0.15) is 0 Å². The predicted octanol–water partition coefficient (Wildman–Crippen LogP) is 4.47. The van der Waals surface area contributed by atoms with Crippen molar-refractivity contribution in [1.82, 2.24) is 0 Å². The van der Waals surface area contributed by atoms with Gasteiger partial charge in [0.05, 0.1) is 31.6 Å². The summed E-state index contributed by atoms with van der Waals surface area (Å²) in [5.74, 6) is 1.65. The van der Waals surface area contributed by atoms with E-state index in [1.807, 2.05) is 19.1 Å². The van der Waals surface area contributed by atoms with Crippen molar-refractivity contribution in [2.24, 2.45) is 5.16 Å². The van der Waals surface area contributed by atoms with Gasteiger partial charge in [0.1, 0.15) is 0 Å². The maximum absolute atomic E-state index is 6.31. The average Bonchev–Trinajstić information content (AvgIpc) is 3.21. The van der Waals surface area contributed by atoms with Gasteiger partial charge in [0.15, 0.2) is 17.1 Å². The quantitative estimate of drug-likeness (QED) is 0.728. The van der Waals surface area contributed by atoms with Gasteiger partial charge < -0.3 is 19.0 Å². The Morgan fingerprint density at radius 1 is 1.15 bits per heavy atom. The summed E-state index contributed by atoms with van der Waals surface area (Å²) < 4.78 is 17.7. The van der Waals surface area contributed by atoms with Crippen LogP contribution in [0.15, 0.2) is 23.4 Å². The highest BCUT2D eigenvalue weighted by Crippen LogP contribution is 2.37. The molecule has 2 aliphatic heterocycles. The molecule has 2 heterocycles. The fourth-order valence-corrected chi connectivity index (χ4v) is 4.07. The zero-order chi connectivity index (χ0) is 17.8. The topological polar surface area (TPSA) is 49.3 Å². The Labute approximate surface area is 155 Å². The van der Waals surface area contributed by atoms with Crippen LogP contribution >= 0.6 is 0 Å². The Balaban J connectivity index is 1.50. The summed E-state index contributed by atoms with van der Waals surface area (Å²) in [6, 6.07) is 6.15. The number of ether oxygens (including phenoxy) is 3. The molecule has 0 N–H and O–H groups in total. The van der Waals surface area contributed by atoms with Crippen molar-refractivity contribution in [2.45, 2.75) is 70.0 Å². The van der Waals surface area contributed by atoms with Gasteiger partial charge >= 0.3 is 0 Å². The minimum atomic E-state index is -0.253. The van der Waals surface area contributed by atoms with Crippen LogP contribution in [0, 0.1) is 0 Å². The average molecular weight is 359 g/mol. The van der Waals surface area contributed by atoms with E-state index in [0.717, 1.165) is 55.1 Å². The van der Waals surface area contributed by atoms with Gasteiger partial charge in [0.2, 0.25) is 0 Å². The number of rotatable bonds is 5. The first-order valence-corrected chi connectivity index (χ1v) is 10.0. The lowest BCUT2D eigenvalue weighted by Crippen LogP contribution is -2.29. The highest BCUT2D eigenvalue weighted by molar-refractivity contribution is 6.02. The molecule has 1 aliphatic carbocycles. The molecule has 0 radical (unpaired) electrons. The Bertz CT molecular complexity index is 643. The van der Waals surface area contributed by atoms with Gasteiger partial charge in [0.25, 0.3) is 0 Å². The van der Waals surface area contributed by atoms with E-state index in [4.69, 9.17) is 19.0 Å². The van der Waals surface area contributed by atoms with Crippen LogP contribution in [0.4, 0.5) is 0 Å². The first-order chi connectivity index (χ1) is 12.8. The number of oxime groups is 1. The largest absolute Gasteiger partial charge is 0.490 e. The number of hydrogen-bond donors (Lipinski definition) is 0.